The van der Waals surface area contributed by atoms with Crippen LogP contribution < -0.4 is 10.6 Å². The average molecular weight is 785 g/mol. The monoisotopic (exact) mass is 784 g/mol. The number of alkyl halides is 6. The van der Waals surface area contributed by atoms with E-state index in [1.807, 2.05) is 12.1 Å². The molecule has 0 aliphatic rings. The standard InChI is InChI=1S/C42H42F6N2O6/c1-25-29(13-15-31-19-27(11-17-35(31)41(43,44)45)21-49-39(3,23-51)37(53)54)7-5-9-33(25)34-10-6-8-30(26(34)2)14-16-32-20-28(12-18-36(32)42(46,47)48)22-50-40(4,24-52)38(55)56/h5-20,49-52H,21-24H2,1-4H3,(H,53,54)(H,55,56)/b15-13+,16-14+/t39-,40-/m0/s1. The first-order valence-corrected chi connectivity index (χ1v) is 17.3. The van der Waals surface area contributed by atoms with Gasteiger partial charge in [0.05, 0.1) is 24.3 Å². The van der Waals surface area contributed by atoms with Gasteiger partial charge in [0.25, 0.3) is 0 Å². The Bertz CT molecular complexity index is 1990. The molecule has 0 heterocycles. The van der Waals surface area contributed by atoms with Crippen LogP contribution in [0.2, 0.25) is 0 Å². The fourth-order valence-corrected chi connectivity index (χ4v) is 5.84. The molecule has 2 atom stereocenters. The van der Waals surface area contributed by atoms with Crippen LogP contribution in [0.4, 0.5) is 26.3 Å². The van der Waals surface area contributed by atoms with E-state index in [0.717, 1.165) is 34.4 Å². The number of benzene rings is 4. The molecule has 4 aromatic rings. The Morgan fingerprint density at radius 2 is 0.911 bits per heavy atom. The summed E-state index contributed by atoms with van der Waals surface area (Å²) in [5.41, 5.74) is -0.703. The van der Waals surface area contributed by atoms with E-state index in [1.165, 1.54) is 62.4 Å². The lowest BCUT2D eigenvalue weighted by atomic mass is 9.90. The quantitative estimate of drug-likeness (QED) is 0.0524. The van der Waals surface area contributed by atoms with Crippen LogP contribution in [-0.4, -0.2) is 56.7 Å². The van der Waals surface area contributed by atoms with Crippen molar-refractivity contribution < 1.29 is 56.4 Å². The molecule has 0 aromatic heterocycles. The summed E-state index contributed by atoms with van der Waals surface area (Å²) in [5.74, 6) is -2.64. The third-order valence-corrected chi connectivity index (χ3v) is 9.71. The molecule has 0 spiro atoms. The van der Waals surface area contributed by atoms with Crippen molar-refractivity contribution in [2.45, 2.75) is 64.2 Å². The zero-order valence-electron chi connectivity index (χ0n) is 30.9. The van der Waals surface area contributed by atoms with E-state index in [1.54, 1.807) is 38.1 Å². The Hall–Kier alpha value is -5.28. The number of hydrogen-bond donors (Lipinski definition) is 6. The van der Waals surface area contributed by atoms with Crippen molar-refractivity contribution in [3.05, 3.63) is 128 Å². The second-order valence-corrected chi connectivity index (χ2v) is 13.8. The molecule has 6 N–H and O–H groups in total. The highest BCUT2D eigenvalue weighted by molar-refractivity contribution is 5.83. The molecule has 0 aliphatic carbocycles. The van der Waals surface area contributed by atoms with Crippen LogP contribution in [0.3, 0.4) is 0 Å². The molecular weight excluding hydrogens is 742 g/mol. The maximum absolute atomic E-state index is 14.0. The molecule has 0 saturated heterocycles. The summed E-state index contributed by atoms with van der Waals surface area (Å²) in [6, 6.07) is 17.5. The zero-order valence-corrected chi connectivity index (χ0v) is 30.9. The Balaban J connectivity index is 1.68. The lowest BCUT2D eigenvalue weighted by molar-refractivity contribution is -0.146. The van der Waals surface area contributed by atoms with Gasteiger partial charge in [-0.15, -0.1) is 0 Å². The van der Waals surface area contributed by atoms with Crippen molar-refractivity contribution >= 4 is 36.2 Å². The molecular formula is C42H42F6N2O6. The summed E-state index contributed by atoms with van der Waals surface area (Å²) < 4.78 is 84.1. The largest absolute Gasteiger partial charge is 0.480 e. The lowest BCUT2D eigenvalue weighted by Gasteiger charge is -2.24. The summed E-state index contributed by atoms with van der Waals surface area (Å²) in [7, 11) is 0. The minimum absolute atomic E-state index is 0.127. The second kappa shape index (κ2) is 17.2. The number of carboxylic acids is 2. The van der Waals surface area contributed by atoms with E-state index < -0.39 is 59.7 Å². The first-order valence-electron chi connectivity index (χ1n) is 17.3. The molecule has 4 aromatic carbocycles. The molecule has 56 heavy (non-hydrogen) atoms. The van der Waals surface area contributed by atoms with Gasteiger partial charge in [-0.25, -0.2) is 0 Å². The molecule has 0 radical (unpaired) electrons. The number of hydrogen-bond acceptors (Lipinski definition) is 6. The van der Waals surface area contributed by atoms with Gasteiger partial charge in [0.15, 0.2) is 0 Å². The molecule has 0 bridgehead atoms. The molecule has 0 aliphatic heterocycles. The number of carbonyl (C=O) groups is 2. The predicted octanol–water partition coefficient (Wildman–Crippen LogP) is 8.20. The minimum Gasteiger partial charge on any atom is -0.480 e. The second-order valence-electron chi connectivity index (χ2n) is 13.8. The molecule has 8 nitrogen and oxygen atoms in total. The van der Waals surface area contributed by atoms with Gasteiger partial charge >= 0.3 is 24.3 Å². The molecule has 298 valence electrons. The number of nitrogens with one attached hydrogen (secondary N) is 2. The number of halogens is 6. The molecule has 0 fully saturated rings. The lowest BCUT2D eigenvalue weighted by Crippen LogP contribution is -2.52. The van der Waals surface area contributed by atoms with E-state index in [-0.39, 0.29) is 24.2 Å². The van der Waals surface area contributed by atoms with Crippen molar-refractivity contribution in [3.63, 3.8) is 0 Å². The highest BCUT2D eigenvalue weighted by atomic mass is 19.4. The predicted molar refractivity (Wildman–Crippen MR) is 202 cm³/mol. The van der Waals surface area contributed by atoms with Crippen LogP contribution in [0.5, 0.6) is 0 Å². The van der Waals surface area contributed by atoms with Crippen LogP contribution in [0, 0.1) is 13.8 Å². The third kappa shape index (κ3) is 10.1. The highest BCUT2D eigenvalue weighted by Crippen LogP contribution is 2.36. The summed E-state index contributed by atoms with van der Waals surface area (Å²) in [4.78, 5) is 23.1. The van der Waals surface area contributed by atoms with Crippen molar-refractivity contribution in [2.24, 2.45) is 0 Å². The van der Waals surface area contributed by atoms with Crippen LogP contribution in [0.25, 0.3) is 35.4 Å². The first kappa shape index (κ1) is 43.4. The topological polar surface area (TPSA) is 139 Å². The van der Waals surface area contributed by atoms with Crippen molar-refractivity contribution in [2.75, 3.05) is 13.2 Å². The molecule has 0 unspecified atom stereocenters. The van der Waals surface area contributed by atoms with Crippen LogP contribution in [-0.2, 0) is 35.0 Å². The van der Waals surface area contributed by atoms with Crippen molar-refractivity contribution in [1.29, 1.82) is 0 Å². The van der Waals surface area contributed by atoms with E-state index in [4.69, 9.17) is 0 Å². The summed E-state index contributed by atoms with van der Waals surface area (Å²) in [6.45, 7) is 4.38. The van der Waals surface area contributed by atoms with Gasteiger partial charge < -0.3 is 20.4 Å². The van der Waals surface area contributed by atoms with E-state index in [9.17, 15) is 56.4 Å². The van der Waals surface area contributed by atoms with Crippen molar-refractivity contribution in [3.8, 4) is 11.1 Å². The number of aliphatic hydroxyl groups excluding tert-OH is 2. The summed E-state index contributed by atoms with van der Waals surface area (Å²) >= 11 is 0. The fraction of sp³-hybridized carbons (Fsp3) is 0.286. The van der Waals surface area contributed by atoms with Crippen LogP contribution in [0.1, 0.15) is 69.5 Å². The highest BCUT2D eigenvalue weighted by Gasteiger charge is 2.35. The van der Waals surface area contributed by atoms with Gasteiger partial charge in [0.1, 0.15) is 11.1 Å². The van der Waals surface area contributed by atoms with Crippen molar-refractivity contribution in [1.82, 2.24) is 10.6 Å². The molecule has 4 rings (SSSR count). The van der Waals surface area contributed by atoms with E-state index >= 15 is 0 Å². The van der Waals surface area contributed by atoms with E-state index in [2.05, 4.69) is 10.6 Å². The first-order chi connectivity index (χ1) is 26.1. The molecule has 14 heteroatoms. The van der Waals surface area contributed by atoms with E-state index in [0.29, 0.717) is 22.3 Å². The number of carboxylic acid groups (broad SMARTS) is 2. The molecule has 0 amide bonds. The van der Waals surface area contributed by atoms with Crippen LogP contribution >= 0.6 is 0 Å². The average Bonchev–Trinajstić information content (AvgIpc) is 3.14. The maximum Gasteiger partial charge on any atom is 0.416 e. The van der Waals surface area contributed by atoms with Gasteiger partial charge in [-0.2, -0.15) is 26.3 Å². The normalized spacial score (nSPS) is 14.6. The van der Waals surface area contributed by atoms with Gasteiger partial charge in [-0.05, 0) is 108 Å². The number of aliphatic carboxylic acids is 2. The maximum atomic E-state index is 14.0. The minimum atomic E-state index is -4.69. The Labute approximate surface area is 319 Å². The van der Waals surface area contributed by atoms with Gasteiger partial charge in [0.2, 0.25) is 0 Å². The van der Waals surface area contributed by atoms with Crippen LogP contribution in [0.15, 0.2) is 72.8 Å². The van der Waals surface area contributed by atoms with Gasteiger partial charge in [0, 0.05) is 13.1 Å². The summed E-state index contributed by atoms with van der Waals surface area (Å²) in [6.07, 6.45) is -3.66. The zero-order chi connectivity index (χ0) is 41.6. The SMILES string of the molecule is Cc1c(/C=C/c2cc(CN[C@@](C)(CO)C(=O)O)ccc2C(F)(F)F)cccc1-c1cccc(/C=C/c2cc(CN[C@@](C)(CO)C(=O)O)ccc2C(F)(F)F)c1C. The Morgan fingerprint density at radius 1 is 0.571 bits per heavy atom. The Kier molecular flexibility index (Phi) is 13.4. The van der Waals surface area contributed by atoms with Gasteiger partial charge in [-0.3, -0.25) is 20.2 Å². The number of rotatable bonds is 15. The number of aliphatic hydroxyl groups is 2. The smallest absolute Gasteiger partial charge is 0.416 e. The fourth-order valence-electron chi connectivity index (χ4n) is 5.84. The van der Waals surface area contributed by atoms with Gasteiger partial charge in [-0.1, -0.05) is 72.8 Å². The molecule has 0 saturated carbocycles. The summed E-state index contributed by atoms with van der Waals surface area (Å²) in [5, 5.41) is 43.2. The third-order valence-electron chi connectivity index (χ3n) is 9.71. The Morgan fingerprint density at radius 3 is 1.21 bits per heavy atom.